The summed E-state index contributed by atoms with van der Waals surface area (Å²) in [7, 11) is 0. The van der Waals surface area contributed by atoms with E-state index >= 15 is 0 Å². The molecule has 0 bridgehead atoms. The second-order valence-electron chi connectivity index (χ2n) is 6.55. The number of benzene rings is 1. The van der Waals surface area contributed by atoms with Gasteiger partial charge in [0.2, 0.25) is 0 Å². The van der Waals surface area contributed by atoms with Gasteiger partial charge in [0, 0.05) is 31.7 Å². The van der Waals surface area contributed by atoms with Gasteiger partial charge in [-0.05, 0) is 24.5 Å². The van der Waals surface area contributed by atoms with Crippen LogP contribution in [0.15, 0.2) is 47.0 Å². The molecule has 1 fully saturated rings. The van der Waals surface area contributed by atoms with Crippen molar-refractivity contribution < 1.29 is 0 Å². The summed E-state index contributed by atoms with van der Waals surface area (Å²) in [5.41, 5.74) is 5.36. The van der Waals surface area contributed by atoms with E-state index in [1.54, 1.807) is 17.4 Å². The van der Waals surface area contributed by atoms with Crippen molar-refractivity contribution in [3.63, 3.8) is 0 Å². The molecule has 26 heavy (non-hydrogen) atoms. The predicted molar refractivity (Wildman–Crippen MR) is 105 cm³/mol. The molecular weight excluding hydrogens is 346 g/mol. The largest absolute Gasteiger partial charge is 0.355 e. The molecule has 3 aromatic rings. The molecular formula is C19H21N5OS. The Morgan fingerprint density at radius 3 is 2.88 bits per heavy atom. The molecule has 0 spiro atoms. The molecule has 2 N–H and O–H groups in total. The number of aromatic nitrogens is 3. The minimum atomic E-state index is -0.109. The molecule has 4 rings (SSSR count). The fourth-order valence-corrected chi connectivity index (χ4v) is 4.09. The van der Waals surface area contributed by atoms with Gasteiger partial charge in [0.15, 0.2) is 0 Å². The van der Waals surface area contributed by atoms with Crippen LogP contribution in [0.4, 0.5) is 5.82 Å². The number of H-pyrrole nitrogens is 1. The number of nitrogens with one attached hydrogen (secondary N) is 2. The predicted octanol–water partition coefficient (Wildman–Crippen LogP) is 2.57. The first-order chi connectivity index (χ1) is 12.7. The van der Waals surface area contributed by atoms with Gasteiger partial charge in [-0.2, -0.15) is 0 Å². The summed E-state index contributed by atoms with van der Waals surface area (Å²) in [5.74, 6) is 0.752. The van der Waals surface area contributed by atoms with E-state index < -0.39 is 0 Å². The van der Waals surface area contributed by atoms with Gasteiger partial charge in [-0.15, -0.1) is 11.3 Å². The summed E-state index contributed by atoms with van der Waals surface area (Å²) < 4.78 is 0. The third-order valence-corrected chi connectivity index (χ3v) is 5.71. The van der Waals surface area contributed by atoms with E-state index in [2.05, 4.69) is 49.4 Å². The maximum Gasteiger partial charge on any atom is 0.252 e. The van der Waals surface area contributed by atoms with Crippen molar-refractivity contribution in [2.75, 3.05) is 18.0 Å². The van der Waals surface area contributed by atoms with Gasteiger partial charge in [-0.25, -0.2) is 9.97 Å². The van der Waals surface area contributed by atoms with Crippen LogP contribution in [0, 0.1) is 6.92 Å². The van der Waals surface area contributed by atoms with Crippen LogP contribution < -0.4 is 15.8 Å². The van der Waals surface area contributed by atoms with Crippen LogP contribution in [-0.2, 0) is 6.54 Å². The molecule has 134 valence electrons. The van der Waals surface area contributed by atoms with Gasteiger partial charge >= 0.3 is 0 Å². The van der Waals surface area contributed by atoms with Crippen molar-refractivity contribution in [3.05, 3.63) is 63.8 Å². The zero-order chi connectivity index (χ0) is 17.9. The molecule has 1 saturated heterocycles. The average Bonchev–Trinajstić information content (AvgIpc) is 3.29. The first-order valence-electron chi connectivity index (χ1n) is 8.71. The van der Waals surface area contributed by atoms with E-state index in [0.717, 1.165) is 37.6 Å². The highest BCUT2D eigenvalue weighted by molar-refractivity contribution is 7.13. The fourth-order valence-electron chi connectivity index (χ4n) is 3.28. The Bertz CT molecular complexity index is 933. The third-order valence-electron chi connectivity index (χ3n) is 4.73. The average molecular weight is 367 g/mol. The van der Waals surface area contributed by atoms with Crippen molar-refractivity contribution in [3.8, 4) is 10.4 Å². The van der Waals surface area contributed by atoms with Crippen LogP contribution in [0.25, 0.3) is 10.4 Å². The highest BCUT2D eigenvalue weighted by atomic mass is 32.1. The van der Waals surface area contributed by atoms with Gasteiger partial charge < -0.3 is 15.2 Å². The van der Waals surface area contributed by atoms with Gasteiger partial charge in [0.05, 0.1) is 22.4 Å². The maximum absolute atomic E-state index is 11.4. The normalized spacial score (nSPS) is 17.0. The second kappa shape index (κ2) is 7.39. The summed E-state index contributed by atoms with van der Waals surface area (Å²) in [4.78, 5) is 26.0. The first-order valence-corrected chi connectivity index (χ1v) is 9.59. The van der Waals surface area contributed by atoms with Crippen molar-refractivity contribution in [2.24, 2.45) is 0 Å². The van der Waals surface area contributed by atoms with Gasteiger partial charge in [0.1, 0.15) is 5.82 Å². The number of hydrogen-bond acceptors (Lipinski definition) is 6. The SMILES string of the molecule is Cc1ncsc1-c1ccc(CNC2CCN(c3cc(=O)[nH]cn3)C2)cc1. The molecule has 0 saturated carbocycles. The molecule has 1 aliphatic heterocycles. The van der Waals surface area contributed by atoms with E-state index in [9.17, 15) is 4.79 Å². The molecule has 3 heterocycles. The first kappa shape index (κ1) is 16.9. The van der Waals surface area contributed by atoms with Crippen LogP contribution in [0.1, 0.15) is 17.7 Å². The van der Waals surface area contributed by atoms with E-state index in [1.165, 1.54) is 22.3 Å². The lowest BCUT2D eigenvalue weighted by Gasteiger charge is -2.17. The third kappa shape index (κ3) is 3.68. The molecule has 7 heteroatoms. The maximum atomic E-state index is 11.4. The number of hydrogen-bond donors (Lipinski definition) is 2. The highest BCUT2D eigenvalue weighted by Gasteiger charge is 2.23. The van der Waals surface area contributed by atoms with E-state index in [4.69, 9.17) is 0 Å². The van der Waals surface area contributed by atoms with Gasteiger partial charge in [-0.3, -0.25) is 4.79 Å². The molecule has 0 amide bonds. The topological polar surface area (TPSA) is 73.9 Å². The summed E-state index contributed by atoms with van der Waals surface area (Å²) in [6.45, 7) is 4.66. The molecule has 1 aromatic carbocycles. The molecule has 1 aliphatic rings. The van der Waals surface area contributed by atoms with Crippen LogP contribution in [-0.4, -0.2) is 34.1 Å². The number of anilines is 1. The lowest BCUT2D eigenvalue weighted by Crippen LogP contribution is -2.32. The number of aromatic amines is 1. The number of thiazole rings is 1. The van der Waals surface area contributed by atoms with Crippen molar-refractivity contribution in [1.29, 1.82) is 0 Å². The zero-order valence-corrected chi connectivity index (χ0v) is 15.4. The Kier molecular flexibility index (Phi) is 4.81. The molecule has 0 radical (unpaired) electrons. The standard InChI is InChI=1S/C19H21N5OS/c1-13-19(26-12-23-13)15-4-2-14(3-5-15)9-20-16-6-7-24(10-16)17-8-18(25)22-11-21-17/h2-5,8,11-12,16,20H,6-7,9-10H2,1H3,(H,21,22,25). The monoisotopic (exact) mass is 367 g/mol. The molecule has 6 nitrogen and oxygen atoms in total. The molecule has 1 unspecified atom stereocenters. The van der Waals surface area contributed by atoms with E-state index in [0.29, 0.717) is 6.04 Å². The zero-order valence-electron chi connectivity index (χ0n) is 14.6. The summed E-state index contributed by atoms with van der Waals surface area (Å²) >= 11 is 1.68. The lowest BCUT2D eigenvalue weighted by atomic mass is 10.1. The number of rotatable bonds is 5. The Hall–Kier alpha value is -2.51. The van der Waals surface area contributed by atoms with Crippen LogP contribution in [0.5, 0.6) is 0 Å². The Labute approximate surface area is 155 Å². The molecule has 1 atom stereocenters. The van der Waals surface area contributed by atoms with Crippen molar-refractivity contribution >= 4 is 17.2 Å². The fraction of sp³-hybridized carbons (Fsp3) is 0.316. The van der Waals surface area contributed by atoms with E-state index in [-0.39, 0.29) is 5.56 Å². The van der Waals surface area contributed by atoms with E-state index in [1.807, 2.05) is 12.4 Å². The summed E-state index contributed by atoms with van der Waals surface area (Å²) in [6.07, 6.45) is 2.51. The minimum absolute atomic E-state index is 0.109. The Morgan fingerprint density at radius 2 is 2.15 bits per heavy atom. The van der Waals surface area contributed by atoms with Crippen molar-refractivity contribution in [2.45, 2.75) is 25.9 Å². The molecule has 2 aromatic heterocycles. The summed E-state index contributed by atoms with van der Waals surface area (Å²) in [5, 5.41) is 3.61. The molecule has 0 aliphatic carbocycles. The number of aryl methyl sites for hydroxylation is 1. The number of nitrogens with zero attached hydrogens (tertiary/aromatic N) is 3. The smallest absolute Gasteiger partial charge is 0.252 e. The summed E-state index contributed by atoms with van der Waals surface area (Å²) in [6, 6.07) is 10.6. The quantitative estimate of drug-likeness (QED) is 0.725. The van der Waals surface area contributed by atoms with Crippen LogP contribution in [0.2, 0.25) is 0 Å². The van der Waals surface area contributed by atoms with Crippen LogP contribution >= 0.6 is 11.3 Å². The van der Waals surface area contributed by atoms with Crippen LogP contribution in [0.3, 0.4) is 0 Å². The van der Waals surface area contributed by atoms with Crippen molar-refractivity contribution in [1.82, 2.24) is 20.3 Å². The Balaban J connectivity index is 1.33. The van der Waals surface area contributed by atoms with Gasteiger partial charge in [0.25, 0.3) is 5.56 Å². The Morgan fingerprint density at radius 1 is 1.31 bits per heavy atom. The lowest BCUT2D eigenvalue weighted by molar-refractivity contribution is 0.551. The second-order valence-corrected chi connectivity index (χ2v) is 7.40. The minimum Gasteiger partial charge on any atom is -0.355 e. The highest BCUT2D eigenvalue weighted by Crippen LogP contribution is 2.27. The van der Waals surface area contributed by atoms with Gasteiger partial charge in [-0.1, -0.05) is 24.3 Å².